The van der Waals surface area contributed by atoms with Crippen molar-refractivity contribution in [2.45, 2.75) is 68.6 Å². The number of carbonyl (C=O) groups is 1. The zero-order valence-corrected chi connectivity index (χ0v) is 30.6. The van der Waals surface area contributed by atoms with Gasteiger partial charge < -0.3 is 19.5 Å². The fraction of sp³-hybridized carbons (Fsp3) is 0.564. The monoisotopic (exact) mass is 721 g/mol. The quantitative estimate of drug-likeness (QED) is 0.315. The summed E-state index contributed by atoms with van der Waals surface area (Å²) in [6.45, 7) is 8.74. The number of morpholine rings is 1. The van der Waals surface area contributed by atoms with Gasteiger partial charge >= 0.3 is 0 Å². The molecule has 50 heavy (non-hydrogen) atoms. The summed E-state index contributed by atoms with van der Waals surface area (Å²) in [6.07, 6.45) is 8.73. The number of benzene rings is 2. The van der Waals surface area contributed by atoms with Gasteiger partial charge in [0.15, 0.2) is 0 Å². The van der Waals surface area contributed by atoms with Gasteiger partial charge in [0.25, 0.3) is 5.91 Å². The molecule has 2 aromatic carbocycles. The van der Waals surface area contributed by atoms with Crippen LogP contribution in [-0.2, 0) is 26.6 Å². The highest BCUT2D eigenvalue weighted by atomic mass is 35.5. The van der Waals surface area contributed by atoms with Crippen molar-refractivity contribution in [2.24, 2.45) is 17.8 Å². The number of hydrogen-bond donors (Lipinski definition) is 2. The molecule has 1 amide bonds. The van der Waals surface area contributed by atoms with Crippen LogP contribution >= 0.6 is 11.6 Å². The highest BCUT2D eigenvalue weighted by Gasteiger charge is 2.48. The Bertz CT molecular complexity index is 1820. The topological polar surface area (TPSA) is 108 Å². The first-order valence-corrected chi connectivity index (χ1v) is 20.0. The average Bonchev–Trinajstić information content (AvgIpc) is 3.22. The van der Waals surface area contributed by atoms with Gasteiger partial charge in [-0.15, -0.1) is 0 Å². The number of anilines is 1. The zero-order valence-electron chi connectivity index (χ0n) is 29.0. The third-order valence-corrected chi connectivity index (χ3v) is 14.0. The number of carbonyl (C=O) groups excluding carboxylic acids is 1. The maximum Gasteiger partial charge on any atom is 0.264 e. The molecule has 6 atom stereocenters. The summed E-state index contributed by atoms with van der Waals surface area (Å²) in [6, 6.07) is 11.4. The van der Waals surface area contributed by atoms with E-state index in [0.29, 0.717) is 51.6 Å². The maximum absolute atomic E-state index is 13.5. The molecule has 5 aliphatic rings. The maximum atomic E-state index is 13.5. The molecule has 1 saturated heterocycles. The minimum absolute atomic E-state index is 0.118. The van der Waals surface area contributed by atoms with E-state index in [9.17, 15) is 18.3 Å². The van der Waals surface area contributed by atoms with Crippen molar-refractivity contribution in [1.29, 1.82) is 0 Å². The number of hydrogen-bond acceptors (Lipinski definition) is 8. The summed E-state index contributed by atoms with van der Waals surface area (Å²) in [5, 5.41) is 12.3. The van der Waals surface area contributed by atoms with E-state index in [1.807, 2.05) is 19.1 Å². The van der Waals surface area contributed by atoms with Crippen LogP contribution in [0.3, 0.4) is 0 Å². The molecule has 3 heterocycles. The second kappa shape index (κ2) is 14.2. The van der Waals surface area contributed by atoms with Gasteiger partial charge in [0.1, 0.15) is 11.4 Å². The first kappa shape index (κ1) is 35.3. The summed E-state index contributed by atoms with van der Waals surface area (Å²) in [5.41, 5.74) is 1.79. The Hall–Kier alpha value is -3.07. The lowest BCUT2D eigenvalue weighted by atomic mass is 9.64. The third-order valence-electron chi connectivity index (χ3n) is 11.8. The fourth-order valence-corrected chi connectivity index (χ4v) is 9.94. The molecular weight excluding hydrogens is 674 g/mol. The predicted octanol–water partition coefficient (Wildman–Crippen LogP) is 4.95. The molecular formula is C39H48ClN3O6S. The Balaban J connectivity index is 1.29. The van der Waals surface area contributed by atoms with Crippen LogP contribution in [0.1, 0.15) is 67.4 Å². The van der Waals surface area contributed by atoms with E-state index >= 15 is 0 Å². The number of aliphatic hydroxyl groups is 1. The number of sulfonamides is 1. The Labute approximate surface area is 301 Å². The molecule has 0 unspecified atom stereocenters. The van der Waals surface area contributed by atoms with E-state index in [1.54, 1.807) is 31.2 Å². The van der Waals surface area contributed by atoms with Crippen molar-refractivity contribution >= 4 is 33.2 Å². The van der Waals surface area contributed by atoms with Gasteiger partial charge in [-0.1, -0.05) is 42.5 Å². The molecule has 3 aliphatic heterocycles. The van der Waals surface area contributed by atoms with Crippen LogP contribution in [0, 0.1) is 29.6 Å². The van der Waals surface area contributed by atoms with Crippen LogP contribution < -0.4 is 14.4 Å². The Morgan fingerprint density at radius 3 is 2.72 bits per heavy atom. The van der Waals surface area contributed by atoms with E-state index < -0.39 is 26.8 Å². The predicted molar refractivity (Wildman–Crippen MR) is 195 cm³/mol. The van der Waals surface area contributed by atoms with Gasteiger partial charge in [-0.25, -0.2) is 13.1 Å². The number of fused-ring (bicyclic) bond motifs is 4. The molecule has 2 fully saturated rings. The average molecular weight is 722 g/mol. The SMILES string of the molecule is C[C@@H]1[C@@H](C)C/C=C\[C@@](O)(C#CCN2CCOCC2)[C@@H]2CC[C@H]2CN2C[C@@]3(CCCc4cc(Cl)ccc43)COc3ccc(cc32)C(=O)NS1(=O)=O. The van der Waals surface area contributed by atoms with Crippen molar-refractivity contribution in [3.05, 3.63) is 70.3 Å². The number of aryl methyl sites for hydroxylation is 1. The van der Waals surface area contributed by atoms with Crippen LogP contribution in [0.25, 0.3) is 0 Å². The van der Waals surface area contributed by atoms with Crippen molar-refractivity contribution in [3.8, 4) is 17.6 Å². The highest BCUT2D eigenvalue weighted by Crippen LogP contribution is 2.48. The summed E-state index contributed by atoms with van der Waals surface area (Å²) in [7, 11) is -4.00. The van der Waals surface area contributed by atoms with Gasteiger partial charge in [-0.2, -0.15) is 0 Å². The molecule has 2 N–H and O–H groups in total. The van der Waals surface area contributed by atoms with Gasteiger partial charge in [-0.3, -0.25) is 9.69 Å². The van der Waals surface area contributed by atoms with Gasteiger partial charge in [0.2, 0.25) is 10.0 Å². The van der Waals surface area contributed by atoms with E-state index in [1.165, 1.54) is 11.1 Å². The first-order valence-electron chi connectivity index (χ1n) is 18.0. The molecule has 9 nitrogen and oxygen atoms in total. The Morgan fingerprint density at radius 1 is 1.12 bits per heavy atom. The third kappa shape index (κ3) is 7.05. The summed E-state index contributed by atoms with van der Waals surface area (Å²) in [5.74, 6) is 6.27. The molecule has 2 bridgehead atoms. The van der Waals surface area contributed by atoms with Crippen LogP contribution in [0.15, 0.2) is 48.6 Å². The molecule has 0 aromatic heterocycles. The lowest BCUT2D eigenvalue weighted by Gasteiger charge is -2.47. The van der Waals surface area contributed by atoms with Crippen molar-refractivity contribution in [3.63, 3.8) is 0 Å². The number of rotatable bonds is 1. The van der Waals surface area contributed by atoms with Gasteiger partial charge in [0, 0.05) is 48.1 Å². The van der Waals surface area contributed by atoms with Gasteiger partial charge in [0.05, 0.1) is 37.3 Å². The zero-order chi connectivity index (χ0) is 35.1. The van der Waals surface area contributed by atoms with Crippen LogP contribution in [0.5, 0.6) is 5.75 Å². The molecule has 2 aromatic rings. The second-order valence-corrected chi connectivity index (χ2v) is 17.5. The molecule has 268 valence electrons. The molecule has 1 spiro atoms. The normalized spacial score (nSPS) is 33.3. The van der Waals surface area contributed by atoms with E-state index in [0.717, 1.165) is 55.9 Å². The molecule has 1 saturated carbocycles. The van der Waals surface area contributed by atoms with E-state index in [4.69, 9.17) is 21.1 Å². The summed E-state index contributed by atoms with van der Waals surface area (Å²) < 4.78 is 41.3. The summed E-state index contributed by atoms with van der Waals surface area (Å²) >= 11 is 6.45. The van der Waals surface area contributed by atoms with E-state index in [2.05, 4.69) is 38.5 Å². The molecule has 7 rings (SSSR count). The summed E-state index contributed by atoms with van der Waals surface area (Å²) in [4.78, 5) is 18.1. The molecule has 0 radical (unpaired) electrons. The van der Waals surface area contributed by atoms with Crippen molar-refractivity contribution < 1.29 is 27.8 Å². The van der Waals surface area contributed by atoms with Crippen molar-refractivity contribution in [2.75, 3.05) is 57.4 Å². The second-order valence-electron chi connectivity index (χ2n) is 15.0. The lowest BCUT2D eigenvalue weighted by Crippen LogP contribution is -2.52. The van der Waals surface area contributed by atoms with Crippen LogP contribution in [-0.4, -0.2) is 87.7 Å². The minimum atomic E-state index is -4.00. The Kier molecular flexibility index (Phi) is 10.0. The highest BCUT2D eigenvalue weighted by molar-refractivity contribution is 7.90. The number of nitrogens with one attached hydrogen (secondary N) is 1. The Morgan fingerprint density at radius 2 is 1.94 bits per heavy atom. The number of halogens is 1. The number of allylic oxidation sites excluding steroid dienone is 1. The molecule has 11 heteroatoms. The van der Waals surface area contributed by atoms with Crippen LogP contribution in [0.2, 0.25) is 5.02 Å². The largest absolute Gasteiger partial charge is 0.490 e. The first-order chi connectivity index (χ1) is 24.0. The van der Waals surface area contributed by atoms with Crippen LogP contribution in [0.4, 0.5) is 5.69 Å². The van der Waals surface area contributed by atoms with E-state index in [-0.39, 0.29) is 28.7 Å². The van der Waals surface area contributed by atoms with Crippen molar-refractivity contribution in [1.82, 2.24) is 9.62 Å². The standard InChI is InChI=1S/C39H48ClN3O6S/c1-27-6-3-15-39(45,16-5-17-42-18-20-48-21-19-42)34-11-8-31(34)24-43-25-38(14-4-7-29-22-32(40)10-12-33(29)38)26-49-36-13-9-30(23-35(36)43)37(44)41-50(46,47)28(27)2/h3,9-10,12-13,15,22-23,27-28,31,34,45H,4,6-8,11,14,17-21,24-26H2,1-2H3,(H,41,44)/b15-3-/t27-,28+,31-,34+,38-,39+/m0/s1. The van der Waals surface area contributed by atoms with Gasteiger partial charge in [-0.05, 0) is 105 Å². The smallest absolute Gasteiger partial charge is 0.264 e. The minimum Gasteiger partial charge on any atom is -0.490 e. The lowest BCUT2D eigenvalue weighted by molar-refractivity contribution is -0.00339. The number of ether oxygens (including phenoxy) is 2. The molecule has 2 aliphatic carbocycles. The number of amides is 1. The fourth-order valence-electron chi connectivity index (χ4n) is 8.46. The number of nitrogens with zero attached hydrogens (tertiary/aromatic N) is 2.